The van der Waals surface area contributed by atoms with E-state index in [1.165, 1.54) is 32.1 Å². The minimum absolute atomic E-state index is 0.943. The van der Waals surface area contributed by atoms with Crippen LogP contribution in [0.15, 0.2) is 0 Å². The van der Waals surface area contributed by atoms with Crippen LogP contribution in [0.3, 0.4) is 0 Å². The molecule has 0 aromatic heterocycles. The topological polar surface area (TPSA) is 9.23 Å². The molecule has 0 amide bonds. The van der Waals surface area contributed by atoms with Gasteiger partial charge in [-0.15, -0.1) is 0 Å². The molecule has 1 rings (SSSR count). The van der Waals surface area contributed by atoms with Crippen LogP contribution in [0.4, 0.5) is 0 Å². The van der Waals surface area contributed by atoms with E-state index in [2.05, 4.69) is 6.92 Å². The summed E-state index contributed by atoms with van der Waals surface area (Å²) in [5, 5.41) is 0. The Balaban J connectivity index is 2.18. The van der Waals surface area contributed by atoms with Crippen molar-refractivity contribution in [1.29, 1.82) is 0 Å². The average Bonchev–Trinajstić information content (AvgIpc) is 2.03. The molecule has 66 valence electrons. The maximum Gasteiger partial charge on any atom is 0.0465 e. The molecule has 1 fully saturated rings. The van der Waals surface area contributed by atoms with Gasteiger partial charge in [-0.2, -0.15) is 0 Å². The molecule has 0 heterocycles. The molecule has 2 unspecified atom stereocenters. The van der Waals surface area contributed by atoms with Crippen molar-refractivity contribution in [3.63, 3.8) is 0 Å². The molecule has 1 saturated carbocycles. The van der Waals surface area contributed by atoms with E-state index >= 15 is 0 Å². The zero-order valence-corrected chi connectivity index (χ0v) is 7.81. The summed E-state index contributed by atoms with van der Waals surface area (Å²) in [5.74, 6) is 1.89. The molecular formula is C10H20O. The van der Waals surface area contributed by atoms with Crippen LogP contribution in [-0.4, -0.2) is 13.7 Å². The standard InChI is InChI=1S/C10H20O/c1-9-5-3-4-6-10(9)7-8-11-2/h9-10H,3-8H2,1-2H3. The number of hydrogen-bond donors (Lipinski definition) is 0. The highest BCUT2D eigenvalue weighted by molar-refractivity contribution is 4.71. The zero-order chi connectivity index (χ0) is 8.10. The summed E-state index contributed by atoms with van der Waals surface area (Å²) >= 11 is 0. The minimum Gasteiger partial charge on any atom is -0.385 e. The van der Waals surface area contributed by atoms with Gasteiger partial charge in [0, 0.05) is 13.7 Å². The normalized spacial score (nSPS) is 32.2. The quantitative estimate of drug-likeness (QED) is 0.610. The van der Waals surface area contributed by atoms with Gasteiger partial charge in [-0.05, 0) is 18.3 Å². The first-order valence-corrected chi connectivity index (χ1v) is 4.83. The van der Waals surface area contributed by atoms with Crippen LogP contribution < -0.4 is 0 Å². The van der Waals surface area contributed by atoms with Gasteiger partial charge >= 0.3 is 0 Å². The second kappa shape index (κ2) is 4.76. The molecular weight excluding hydrogens is 136 g/mol. The van der Waals surface area contributed by atoms with Gasteiger partial charge < -0.3 is 4.74 Å². The molecule has 0 radical (unpaired) electrons. The van der Waals surface area contributed by atoms with Crippen LogP contribution in [0.25, 0.3) is 0 Å². The summed E-state index contributed by atoms with van der Waals surface area (Å²) in [5.41, 5.74) is 0. The first-order valence-electron chi connectivity index (χ1n) is 4.83. The molecule has 1 nitrogen and oxygen atoms in total. The lowest BCUT2D eigenvalue weighted by Crippen LogP contribution is -2.18. The van der Waals surface area contributed by atoms with E-state index in [0.717, 1.165) is 18.4 Å². The lowest BCUT2D eigenvalue weighted by atomic mass is 9.79. The third-order valence-corrected chi connectivity index (χ3v) is 2.98. The van der Waals surface area contributed by atoms with E-state index in [4.69, 9.17) is 4.74 Å². The molecule has 1 aliphatic rings. The molecule has 0 aromatic carbocycles. The van der Waals surface area contributed by atoms with Crippen molar-refractivity contribution in [3.8, 4) is 0 Å². The SMILES string of the molecule is COCCC1CCCCC1C. The van der Waals surface area contributed by atoms with Crippen LogP contribution >= 0.6 is 0 Å². The highest BCUT2D eigenvalue weighted by Gasteiger charge is 2.20. The minimum atomic E-state index is 0.943. The first kappa shape index (κ1) is 9.05. The van der Waals surface area contributed by atoms with Crippen LogP contribution in [0.2, 0.25) is 0 Å². The lowest BCUT2D eigenvalue weighted by molar-refractivity contribution is 0.144. The molecule has 11 heavy (non-hydrogen) atoms. The Morgan fingerprint density at radius 1 is 1.27 bits per heavy atom. The van der Waals surface area contributed by atoms with Crippen molar-refractivity contribution in [2.45, 2.75) is 39.0 Å². The van der Waals surface area contributed by atoms with Crippen LogP contribution in [-0.2, 0) is 4.74 Å². The summed E-state index contributed by atoms with van der Waals surface area (Å²) in [7, 11) is 1.80. The van der Waals surface area contributed by atoms with Gasteiger partial charge in [-0.1, -0.05) is 32.6 Å². The molecule has 1 aliphatic carbocycles. The van der Waals surface area contributed by atoms with Gasteiger partial charge in [-0.3, -0.25) is 0 Å². The molecule has 0 aliphatic heterocycles. The summed E-state index contributed by atoms with van der Waals surface area (Å²) < 4.78 is 5.09. The van der Waals surface area contributed by atoms with E-state index in [9.17, 15) is 0 Å². The van der Waals surface area contributed by atoms with E-state index < -0.39 is 0 Å². The van der Waals surface area contributed by atoms with Gasteiger partial charge in [0.2, 0.25) is 0 Å². The molecule has 0 bridgehead atoms. The predicted molar refractivity (Wildman–Crippen MR) is 47.6 cm³/mol. The smallest absolute Gasteiger partial charge is 0.0465 e. The molecule has 1 heteroatoms. The number of ether oxygens (including phenoxy) is 1. The Hall–Kier alpha value is -0.0400. The zero-order valence-electron chi connectivity index (χ0n) is 7.81. The number of rotatable bonds is 3. The highest BCUT2D eigenvalue weighted by atomic mass is 16.5. The van der Waals surface area contributed by atoms with Crippen molar-refractivity contribution in [2.75, 3.05) is 13.7 Å². The Kier molecular flexibility index (Phi) is 3.92. The monoisotopic (exact) mass is 156 g/mol. The van der Waals surface area contributed by atoms with Crippen molar-refractivity contribution in [2.24, 2.45) is 11.8 Å². The maximum atomic E-state index is 5.09. The van der Waals surface area contributed by atoms with E-state index in [0.29, 0.717) is 0 Å². The summed E-state index contributed by atoms with van der Waals surface area (Å²) in [6, 6.07) is 0. The lowest BCUT2D eigenvalue weighted by Gasteiger charge is -2.28. The van der Waals surface area contributed by atoms with Crippen molar-refractivity contribution in [3.05, 3.63) is 0 Å². The van der Waals surface area contributed by atoms with E-state index in [1.807, 2.05) is 0 Å². The predicted octanol–water partition coefficient (Wildman–Crippen LogP) is 2.85. The molecule has 0 aromatic rings. The molecule has 0 saturated heterocycles. The van der Waals surface area contributed by atoms with Crippen molar-refractivity contribution in [1.82, 2.24) is 0 Å². The summed E-state index contributed by atoms with van der Waals surface area (Å²) in [6.45, 7) is 3.34. The Morgan fingerprint density at radius 3 is 2.64 bits per heavy atom. The fraction of sp³-hybridized carbons (Fsp3) is 1.00. The third-order valence-electron chi connectivity index (χ3n) is 2.98. The van der Waals surface area contributed by atoms with Gasteiger partial charge in [-0.25, -0.2) is 0 Å². The van der Waals surface area contributed by atoms with Gasteiger partial charge in [0.15, 0.2) is 0 Å². The van der Waals surface area contributed by atoms with Gasteiger partial charge in [0.05, 0.1) is 0 Å². The highest BCUT2D eigenvalue weighted by Crippen LogP contribution is 2.31. The Bertz CT molecular complexity index is 101. The van der Waals surface area contributed by atoms with Crippen molar-refractivity contribution < 1.29 is 4.74 Å². The Labute approximate surface area is 70.1 Å². The molecule has 2 atom stereocenters. The second-order valence-electron chi connectivity index (χ2n) is 3.80. The van der Waals surface area contributed by atoms with Crippen LogP contribution in [0, 0.1) is 11.8 Å². The third kappa shape index (κ3) is 2.82. The largest absolute Gasteiger partial charge is 0.385 e. The number of methoxy groups -OCH3 is 1. The van der Waals surface area contributed by atoms with Crippen LogP contribution in [0.5, 0.6) is 0 Å². The molecule has 0 N–H and O–H groups in total. The average molecular weight is 156 g/mol. The first-order chi connectivity index (χ1) is 5.34. The summed E-state index contributed by atoms with van der Waals surface area (Å²) in [6.07, 6.45) is 7.04. The fourth-order valence-electron chi connectivity index (χ4n) is 2.09. The summed E-state index contributed by atoms with van der Waals surface area (Å²) in [4.78, 5) is 0. The Morgan fingerprint density at radius 2 is 2.00 bits per heavy atom. The van der Waals surface area contributed by atoms with Gasteiger partial charge in [0.1, 0.15) is 0 Å². The maximum absolute atomic E-state index is 5.09. The van der Waals surface area contributed by atoms with E-state index in [1.54, 1.807) is 7.11 Å². The van der Waals surface area contributed by atoms with Crippen LogP contribution in [0.1, 0.15) is 39.0 Å². The molecule has 0 spiro atoms. The fourth-order valence-corrected chi connectivity index (χ4v) is 2.09. The number of hydrogen-bond acceptors (Lipinski definition) is 1. The van der Waals surface area contributed by atoms with E-state index in [-0.39, 0.29) is 0 Å². The van der Waals surface area contributed by atoms with Gasteiger partial charge in [0.25, 0.3) is 0 Å². The van der Waals surface area contributed by atoms with Crippen molar-refractivity contribution >= 4 is 0 Å². The second-order valence-corrected chi connectivity index (χ2v) is 3.80.